The molecule has 0 heterocycles. The van der Waals surface area contributed by atoms with Crippen LogP contribution >= 0.6 is 15.9 Å². The number of phenols is 1. The van der Waals surface area contributed by atoms with Crippen LogP contribution < -0.4 is 9.47 Å². The van der Waals surface area contributed by atoms with Gasteiger partial charge in [0.05, 0.1) is 24.3 Å². The van der Waals surface area contributed by atoms with Crippen molar-refractivity contribution in [1.29, 1.82) is 0 Å². The first-order valence-electron chi connectivity index (χ1n) is 4.16. The largest absolute Gasteiger partial charge is 0.504 e. The fraction of sp³-hybridized carbons (Fsp3) is 0.300. The predicted molar refractivity (Wildman–Crippen MR) is 59.0 cm³/mol. The van der Waals surface area contributed by atoms with E-state index in [0.717, 1.165) is 0 Å². The molecule has 1 aromatic rings. The fourth-order valence-corrected chi connectivity index (χ4v) is 2.13. The first-order chi connectivity index (χ1) is 7.08. The molecule has 0 spiro atoms. The molecule has 0 amide bonds. The molecule has 0 saturated carbocycles. The molecule has 0 fully saturated rings. The molecule has 4 nitrogen and oxygen atoms in total. The van der Waals surface area contributed by atoms with E-state index in [1.54, 1.807) is 6.92 Å². The summed E-state index contributed by atoms with van der Waals surface area (Å²) in [5.41, 5.74) is 0.754. The number of benzene rings is 1. The third-order valence-electron chi connectivity index (χ3n) is 2.11. The van der Waals surface area contributed by atoms with Crippen molar-refractivity contribution in [3.63, 3.8) is 0 Å². The maximum atomic E-state index is 10.8. The van der Waals surface area contributed by atoms with E-state index in [0.29, 0.717) is 22.1 Å². The van der Waals surface area contributed by atoms with Crippen molar-refractivity contribution in [2.75, 3.05) is 14.2 Å². The van der Waals surface area contributed by atoms with Crippen molar-refractivity contribution in [3.05, 3.63) is 15.6 Å². The first-order valence-corrected chi connectivity index (χ1v) is 4.95. The minimum absolute atomic E-state index is 0.120. The van der Waals surface area contributed by atoms with Crippen LogP contribution in [0.4, 0.5) is 0 Å². The molecule has 0 bridgehead atoms. The number of hydrogen-bond acceptors (Lipinski definition) is 4. The van der Waals surface area contributed by atoms with E-state index in [4.69, 9.17) is 9.47 Å². The molecule has 82 valence electrons. The Morgan fingerprint density at radius 2 is 1.80 bits per heavy atom. The second-order valence-corrected chi connectivity index (χ2v) is 3.68. The van der Waals surface area contributed by atoms with Gasteiger partial charge < -0.3 is 14.6 Å². The highest BCUT2D eigenvalue weighted by Crippen LogP contribution is 2.44. The normalized spacial score (nSPS) is 9.87. The molecule has 5 heteroatoms. The molecule has 15 heavy (non-hydrogen) atoms. The third-order valence-corrected chi connectivity index (χ3v) is 2.90. The minimum atomic E-state index is -0.183. The van der Waals surface area contributed by atoms with Gasteiger partial charge in [0.2, 0.25) is 0 Å². The number of methoxy groups -OCH3 is 2. The van der Waals surface area contributed by atoms with Crippen LogP contribution in [0.15, 0.2) is 4.47 Å². The average molecular weight is 275 g/mol. The summed E-state index contributed by atoms with van der Waals surface area (Å²) in [6.45, 7) is 1.73. The molecular formula is C10H11BrO4. The molecular weight excluding hydrogens is 264 g/mol. The summed E-state index contributed by atoms with van der Waals surface area (Å²) >= 11 is 3.19. The monoisotopic (exact) mass is 274 g/mol. The van der Waals surface area contributed by atoms with Crippen LogP contribution in [0, 0.1) is 6.92 Å². The van der Waals surface area contributed by atoms with E-state index in [1.807, 2.05) is 0 Å². The summed E-state index contributed by atoms with van der Waals surface area (Å²) in [6, 6.07) is 0. The third kappa shape index (κ3) is 1.79. The van der Waals surface area contributed by atoms with Gasteiger partial charge in [0.1, 0.15) is 5.75 Å². The van der Waals surface area contributed by atoms with E-state index in [2.05, 4.69) is 15.9 Å². The SMILES string of the molecule is COc1c(C)c(OC)c(Br)c(C=O)c1O. The lowest BCUT2D eigenvalue weighted by molar-refractivity contribution is 0.111. The van der Waals surface area contributed by atoms with E-state index in [-0.39, 0.29) is 17.1 Å². The van der Waals surface area contributed by atoms with Crippen LogP contribution in [0.1, 0.15) is 15.9 Å². The van der Waals surface area contributed by atoms with Crippen LogP contribution in [0.5, 0.6) is 17.2 Å². The molecule has 0 aliphatic rings. The Bertz CT molecular complexity index is 370. The van der Waals surface area contributed by atoms with E-state index >= 15 is 0 Å². The number of carbonyl (C=O) groups is 1. The van der Waals surface area contributed by atoms with Crippen molar-refractivity contribution >= 4 is 22.2 Å². The Labute approximate surface area is 95.9 Å². The maximum absolute atomic E-state index is 10.8. The first kappa shape index (κ1) is 11.8. The zero-order chi connectivity index (χ0) is 11.6. The van der Waals surface area contributed by atoms with Gasteiger partial charge in [-0.3, -0.25) is 4.79 Å². The topological polar surface area (TPSA) is 55.8 Å². The molecule has 0 radical (unpaired) electrons. The second kappa shape index (κ2) is 4.53. The summed E-state index contributed by atoms with van der Waals surface area (Å²) in [7, 11) is 2.90. The van der Waals surface area contributed by atoms with Crippen molar-refractivity contribution in [2.24, 2.45) is 0 Å². The summed E-state index contributed by atoms with van der Waals surface area (Å²) < 4.78 is 10.6. The van der Waals surface area contributed by atoms with Crippen LogP contribution in [-0.4, -0.2) is 25.6 Å². The van der Waals surface area contributed by atoms with E-state index in [9.17, 15) is 9.90 Å². The smallest absolute Gasteiger partial charge is 0.170 e. The molecule has 1 N–H and O–H groups in total. The highest BCUT2D eigenvalue weighted by Gasteiger charge is 2.21. The number of aldehydes is 1. The van der Waals surface area contributed by atoms with Crippen molar-refractivity contribution in [3.8, 4) is 17.2 Å². The minimum Gasteiger partial charge on any atom is -0.504 e. The number of phenolic OH excluding ortho intramolecular Hbond substituents is 1. The van der Waals surface area contributed by atoms with Crippen LogP contribution in [0.2, 0.25) is 0 Å². The lowest BCUT2D eigenvalue weighted by atomic mass is 10.1. The average Bonchev–Trinajstić information content (AvgIpc) is 2.19. The van der Waals surface area contributed by atoms with Gasteiger partial charge in [-0.1, -0.05) is 0 Å². The quantitative estimate of drug-likeness (QED) is 0.860. The molecule has 0 saturated heterocycles. The molecule has 0 unspecified atom stereocenters. The van der Waals surface area contributed by atoms with Crippen LogP contribution in [0.25, 0.3) is 0 Å². The number of halogens is 1. The Morgan fingerprint density at radius 3 is 2.20 bits per heavy atom. The number of rotatable bonds is 3. The number of ether oxygens (including phenoxy) is 2. The molecule has 1 rings (SSSR count). The standard InChI is InChI=1S/C10H11BrO4/c1-5-9(14-2)7(11)6(4-12)8(13)10(5)15-3/h4,13H,1-3H3. The molecule has 1 aromatic carbocycles. The van der Waals surface area contributed by atoms with Gasteiger partial charge in [0, 0.05) is 5.56 Å². The molecule has 0 aliphatic carbocycles. The number of aromatic hydroxyl groups is 1. The summed E-state index contributed by atoms with van der Waals surface area (Å²) in [6.07, 6.45) is 0.546. The molecule has 0 atom stereocenters. The summed E-state index contributed by atoms with van der Waals surface area (Å²) in [5, 5.41) is 9.73. The van der Waals surface area contributed by atoms with E-state index < -0.39 is 0 Å². The van der Waals surface area contributed by atoms with Gasteiger partial charge in [-0.25, -0.2) is 0 Å². The van der Waals surface area contributed by atoms with Crippen molar-refractivity contribution in [1.82, 2.24) is 0 Å². The maximum Gasteiger partial charge on any atom is 0.170 e. The summed E-state index contributed by atoms with van der Waals surface area (Å²) in [5.74, 6) is 0.543. The highest BCUT2D eigenvalue weighted by atomic mass is 79.9. The van der Waals surface area contributed by atoms with Gasteiger partial charge in [-0.15, -0.1) is 0 Å². The van der Waals surface area contributed by atoms with Gasteiger partial charge in [-0.05, 0) is 22.9 Å². The lowest BCUT2D eigenvalue weighted by Gasteiger charge is -2.15. The Balaban J connectivity index is 3.64. The Hall–Kier alpha value is -1.23. The summed E-state index contributed by atoms with van der Waals surface area (Å²) in [4.78, 5) is 10.8. The van der Waals surface area contributed by atoms with Gasteiger partial charge in [0.25, 0.3) is 0 Å². The van der Waals surface area contributed by atoms with Crippen molar-refractivity contribution in [2.45, 2.75) is 6.92 Å². The molecule has 0 aromatic heterocycles. The van der Waals surface area contributed by atoms with Gasteiger partial charge >= 0.3 is 0 Å². The zero-order valence-corrected chi connectivity index (χ0v) is 10.2. The van der Waals surface area contributed by atoms with Crippen molar-refractivity contribution < 1.29 is 19.4 Å². The number of carbonyl (C=O) groups excluding carboxylic acids is 1. The van der Waals surface area contributed by atoms with Gasteiger partial charge in [-0.2, -0.15) is 0 Å². The Morgan fingerprint density at radius 1 is 1.27 bits per heavy atom. The highest BCUT2D eigenvalue weighted by molar-refractivity contribution is 9.10. The van der Waals surface area contributed by atoms with Crippen LogP contribution in [0.3, 0.4) is 0 Å². The van der Waals surface area contributed by atoms with E-state index in [1.165, 1.54) is 14.2 Å². The Kier molecular flexibility index (Phi) is 3.57. The predicted octanol–water partition coefficient (Wildman–Crippen LogP) is 2.29. The number of hydrogen-bond donors (Lipinski definition) is 1. The van der Waals surface area contributed by atoms with Gasteiger partial charge in [0.15, 0.2) is 17.8 Å². The lowest BCUT2D eigenvalue weighted by Crippen LogP contribution is -1.98. The fourth-order valence-electron chi connectivity index (χ4n) is 1.39. The molecule has 0 aliphatic heterocycles. The zero-order valence-electron chi connectivity index (χ0n) is 8.63. The van der Waals surface area contributed by atoms with Crippen LogP contribution in [-0.2, 0) is 0 Å². The second-order valence-electron chi connectivity index (χ2n) is 2.89.